The van der Waals surface area contributed by atoms with Gasteiger partial charge in [-0.2, -0.15) is 0 Å². The minimum Gasteiger partial charge on any atom is -0.436 e. The van der Waals surface area contributed by atoms with Crippen LogP contribution in [0.5, 0.6) is 0 Å². The van der Waals surface area contributed by atoms with Crippen molar-refractivity contribution in [3.63, 3.8) is 0 Å². The van der Waals surface area contributed by atoms with E-state index in [1.54, 1.807) is 67.4 Å². The molecule has 0 heterocycles. The Balaban J connectivity index is 1.56. The second-order valence-electron chi connectivity index (χ2n) is 8.50. The van der Waals surface area contributed by atoms with Crippen molar-refractivity contribution in [1.82, 2.24) is 0 Å². The largest absolute Gasteiger partial charge is 0.436 e. The molecule has 0 saturated carbocycles. The maximum absolute atomic E-state index is 13.1. The highest BCUT2D eigenvalue weighted by atomic mass is 32.1. The summed E-state index contributed by atoms with van der Waals surface area (Å²) in [6.45, 7) is 3.12. The lowest BCUT2D eigenvalue weighted by molar-refractivity contribution is -0.116. The Morgan fingerprint density at radius 2 is 1.43 bits per heavy atom. The lowest BCUT2D eigenvalue weighted by Gasteiger charge is -2.25. The number of ketones is 2. The van der Waals surface area contributed by atoms with E-state index in [0.717, 1.165) is 11.3 Å². The average molecular weight is 513 g/mol. The molecule has 0 unspecified atom stereocenters. The smallest absolute Gasteiger partial charge is 0.269 e. The standard InChI is InChI=1S/C29H24N2O5S/c1-18(16-20-8-10-21(11-9-20)30(3)19(2)33)36-29(37)31(14-15-32)22-12-13-25-26(17-22)28(35)24-7-5-4-6-23(24)27(25)34/h4-13,15-17H,14H2,1-3H3/b18-16+. The Morgan fingerprint density at radius 1 is 0.865 bits per heavy atom. The molecular weight excluding hydrogens is 488 g/mol. The van der Waals surface area contributed by atoms with Crippen molar-refractivity contribution >= 4 is 58.6 Å². The monoisotopic (exact) mass is 512 g/mol. The molecule has 1 aliphatic rings. The molecule has 1 aliphatic carbocycles. The number of anilines is 2. The van der Waals surface area contributed by atoms with Crippen LogP contribution in [0.15, 0.2) is 72.5 Å². The van der Waals surface area contributed by atoms with Crippen LogP contribution in [0.3, 0.4) is 0 Å². The molecular formula is C29H24N2O5S. The zero-order valence-corrected chi connectivity index (χ0v) is 21.4. The molecule has 0 bridgehead atoms. The Bertz CT molecular complexity index is 1460. The zero-order valence-electron chi connectivity index (χ0n) is 20.6. The van der Waals surface area contributed by atoms with Crippen molar-refractivity contribution in [2.75, 3.05) is 23.4 Å². The second kappa shape index (κ2) is 10.7. The highest BCUT2D eigenvalue weighted by Gasteiger charge is 2.30. The summed E-state index contributed by atoms with van der Waals surface area (Å²) >= 11 is 5.48. The normalized spacial score (nSPS) is 12.4. The van der Waals surface area contributed by atoms with Gasteiger partial charge in [0.05, 0.1) is 6.54 Å². The second-order valence-corrected chi connectivity index (χ2v) is 8.85. The van der Waals surface area contributed by atoms with E-state index in [1.165, 1.54) is 11.8 Å². The van der Waals surface area contributed by atoms with E-state index in [2.05, 4.69) is 0 Å². The first-order chi connectivity index (χ1) is 17.7. The minimum absolute atomic E-state index is 0.0173. The van der Waals surface area contributed by atoms with Crippen molar-refractivity contribution < 1.29 is 23.9 Å². The molecule has 0 N–H and O–H groups in total. The van der Waals surface area contributed by atoms with E-state index in [0.29, 0.717) is 34.4 Å². The Morgan fingerprint density at radius 3 is 2.03 bits per heavy atom. The van der Waals surface area contributed by atoms with E-state index >= 15 is 0 Å². The Kier molecular flexibility index (Phi) is 7.40. The van der Waals surface area contributed by atoms with Crippen LogP contribution in [-0.4, -0.2) is 42.5 Å². The lowest BCUT2D eigenvalue weighted by atomic mass is 9.84. The van der Waals surface area contributed by atoms with Gasteiger partial charge >= 0.3 is 0 Å². The molecule has 0 atom stereocenters. The third-order valence-corrected chi connectivity index (χ3v) is 6.37. The van der Waals surface area contributed by atoms with Crippen molar-refractivity contribution in [1.29, 1.82) is 0 Å². The number of hydrogen-bond acceptors (Lipinski definition) is 6. The fourth-order valence-electron chi connectivity index (χ4n) is 4.05. The highest BCUT2D eigenvalue weighted by molar-refractivity contribution is 7.80. The molecule has 1 amide bonds. The molecule has 0 saturated heterocycles. The van der Waals surface area contributed by atoms with E-state index in [1.807, 2.05) is 24.3 Å². The Hall–Kier alpha value is -4.43. The van der Waals surface area contributed by atoms with Crippen LogP contribution in [0.2, 0.25) is 0 Å². The van der Waals surface area contributed by atoms with Crippen LogP contribution in [0.4, 0.5) is 11.4 Å². The van der Waals surface area contributed by atoms with Gasteiger partial charge < -0.3 is 14.4 Å². The van der Waals surface area contributed by atoms with Crippen LogP contribution >= 0.6 is 12.2 Å². The molecule has 186 valence electrons. The molecule has 0 aromatic heterocycles. The molecule has 4 rings (SSSR count). The van der Waals surface area contributed by atoms with E-state index in [9.17, 15) is 19.2 Å². The predicted molar refractivity (Wildman–Crippen MR) is 146 cm³/mol. The van der Waals surface area contributed by atoms with E-state index in [4.69, 9.17) is 17.0 Å². The van der Waals surface area contributed by atoms with Crippen molar-refractivity contribution in [2.45, 2.75) is 13.8 Å². The predicted octanol–water partition coefficient (Wildman–Crippen LogP) is 4.81. The molecule has 0 aliphatic heterocycles. The number of thiocarbonyl (C=S) groups is 1. The van der Waals surface area contributed by atoms with Gasteiger partial charge in [-0.1, -0.05) is 36.4 Å². The summed E-state index contributed by atoms with van der Waals surface area (Å²) in [6, 6.07) is 18.8. The molecule has 0 fully saturated rings. The van der Waals surface area contributed by atoms with Crippen molar-refractivity contribution in [3.8, 4) is 0 Å². The van der Waals surface area contributed by atoms with E-state index in [-0.39, 0.29) is 34.8 Å². The van der Waals surface area contributed by atoms with Gasteiger partial charge in [-0.05, 0) is 61.1 Å². The van der Waals surface area contributed by atoms with Crippen LogP contribution < -0.4 is 9.80 Å². The van der Waals surface area contributed by atoms with Gasteiger partial charge in [-0.3, -0.25) is 19.3 Å². The van der Waals surface area contributed by atoms with Crippen LogP contribution in [-0.2, 0) is 14.3 Å². The Labute approximate surface area is 220 Å². The third kappa shape index (κ3) is 5.24. The number of carbonyl (C=O) groups is 4. The summed E-state index contributed by atoms with van der Waals surface area (Å²) in [4.78, 5) is 52.0. The molecule has 3 aromatic carbocycles. The summed E-state index contributed by atoms with van der Waals surface area (Å²) in [5.41, 5.74) is 3.33. The number of carbonyl (C=O) groups excluding carboxylic acids is 4. The number of nitrogens with zero attached hydrogens (tertiary/aromatic N) is 2. The van der Waals surface area contributed by atoms with Gasteiger partial charge in [0.25, 0.3) is 5.17 Å². The summed E-state index contributed by atoms with van der Waals surface area (Å²) in [5.74, 6) is -0.0794. The van der Waals surface area contributed by atoms with Crippen LogP contribution in [0.25, 0.3) is 6.08 Å². The van der Waals surface area contributed by atoms with Crippen molar-refractivity contribution in [3.05, 3.63) is 100 Å². The first-order valence-electron chi connectivity index (χ1n) is 11.5. The zero-order chi connectivity index (χ0) is 26.7. The minimum atomic E-state index is -0.264. The number of ether oxygens (including phenoxy) is 1. The number of amides is 1. The summed E-state index contributed by atoms with van der Waals surface area (Å²) in [6.07, 6.45) is 2.45. The third-order valence-electron chi connectivity index (χ3n) is 6.07. The fourth-order valence-corrected chi connectivity index (χ4v) is 4.36. The molecule has 0 spiro atoms. The topological polar surface area (TPSA) is 84.0 Å². The van der Waals surface area contributed by atoms with E-state index < -0.39 is 0 Å². The lowest BCUT2D eigenvalue weighted by Crippen LogP contribution is -2.33. The summed E-state index contributed by atoms with van der Waals surface area (Å²) in [7, 11) is 1.70. The van der Waals surface area contributed by atoms with Gasteiger partial charge in [0.15, 0.2) is 11.6 Å². The number of rotatable bonds is 6. The molecule has 37 heavy (non-hydrogen) atoms. The number of hydrogen-bond donors (Lipinski definition) is 0. The maximum atomic E-state index is 13.1. The number of allylic oxidation sites excluding steroid dienone is 1. The average Bonchev–Trinajstić information content (AvgIpc) is 2.90. The molecule has 8 heteroatoms. The fraction of sp³-hybridized carbons (Fsp3) is 0.138. The van der Waals surface area contributed by atoms with Crippen LogP contribution in [0.1, 0.15) is 51.3 Å². The molecule has 3 aromatic rings. The summed E-state index contributed by atoms with van der Waals surface area (Å²) < 4.78 is 5.83. The van der Waals surface area contributed by atoms with Gasteiger partial charge in [0.2, 0.25) is 5.91 Å². The number of benzene rings is 3. The molecule has 7 nitrogen and oxygen atoms in total. The van der Waals surface area contributed by atoms with Gasteiger partial charge in [0, 0.05) is 47.6 Å². The van der Waals surface area contributed by atoms with Crippen molar-refractivity contribution in [2.24, 2.45) is 0 Å². The number of fused-ring (bicyclic) bond motifs is 2. The molecule has 0 radical (unpaired) electrons. The first kappa shape index (κ1) is 25.7. The first-order valence-corrected chi connectivity index (χ1v) is 11.9. The van der Waals surface area contributed by atoms with Gasteiger partial charge in [-0.25, -0.2) is 0 Å². The maximum Gasteiger partial charge on any atom is 0.269 e. The highest BCUT2D eigenvalue weighted by Crippen LogP contribution is 2.30. The van der Waals surface area contributed by atoms with Gasteiger partial charge in [0.1, 0.15) is 12.0 Å². The number of aldehydes is 1. The van der Waals surface area contributed by atoms with Gasteiger partial charge in [-0.15, -0.1) is 0 Å². The summed E-state index contributed by atoms with van der Waals surface area (Å²) in [5, 5.41) is 0.0173. The quantitative estimate of drug-likeness (QED) is 0.208. The van der Waals surface area contributed by atoms with Crippen LogP contribution in [0, 0.1) is 0 Å². The SMILES string of the molecule is CC(=O)N(C)c1ccc(/C=C(\C)OC(=S)N(CC=O)c2ccc3c(c2)C(=O)c2ccccc2C3=O)cc1.